The van der Waals surface area contributed by atoms with Gasteiger partial charge in [-0.3, -0.25) is 10.0 Å². The lowest BCUT2D eigenvalue weighted by atomic mass is 10.1. The predicted octanol–water partition coefficient (Wildman–Crippen LogP) is 1.63. The summed E-state index contributed by atoms with van der Waals surface area (Å²) < 4.78 is 5.59. The Hall–Kier alpha value is -1.59. The molecule has 0 spiro atoms. The Bertz CT molecular complexity index is 379. The molecule has 0 radical (unpaired) electrons. The van der Waals surface area contributed by atoms with Crippen LogP contribution in [0.25, 0.3) is 0 Å². The average Bonchev–Trinajstić information content (AvgIpc) is 2.44. The van der Waals surface area contributed by atoms with Crippen molar-refractivity contribution in [3.63, 3.8) is 0 Å². The summed E-state index contributed by atoms with van der Waals surface area (Å²) in [6.07, 6.45) is 3.78. The number of hydrogen-bond acceptors (Lipinski definition) is 4. The highest BCUT2D eigenvalue weighted by Crippen LogP contribution is 2.14. The maximum Gasteiger partial charge on any atom is 0.260 e. The zero-order chi connectivity index (χ0) is 14.1. The largest absolute Gasteiger partial charge is 0.494 e. The van der Waals surface area contributed by atoms with Gasteiger partial charge in [0.1, 0.15) is 5.75 Å². The first-order chi connectivity index (χ1) is 9.17. The molecule has 5 nitrogen and oxygen atoms in total. The molecule has 0 saturated carbocycles. The molecule has 0 aliphatic rings. The Morgan fingerprint density at radius 2 is 2.05 bits per heavy atom. The summed E-state index contributed by atoms with van der Waals surface area (Å²) in [4.78, 5) is 11.1. The molecular weight excluding hydrogens is 244 g/mol. The number of nitrogens with one attached hydrogen (secondary N) is 1. The Morgan fingerprint density at radius 3 is 2.63 bits per heavy atom. The predicted molar refractivity (Wildman–Crippen MR) is 73.1 cm³/mol. The van der Waals surface area contributed by atoms with Crippen LogP contribution < -0.4 is 16.0 Å². The summed E-state index contributed by atoms with van der Waals surface area (Å²) in [5.41, 5.74) is 8.08. The molecule has 0 fully saturated rings. The minimum Gasteiger partial charge on any atom is -0.494 e. The summed E-state index contributed by atoms with van der Waals surface area (Å²) in [7, 11) is 0. The minimum atomic E-state index is -0.749. The van der Waals surface area contributed by atoms with E-state index < -0.39 is 11.9 Å². The lowest BCUT2D eigenvalue weighted by Crippen LogP contribution is -2.40. The van der Waals surface area contributed by atoms with Crippen LogP contribution in [0.1, 0.15) is 31.7 Å². The Labute approximate surface area is 113 Å². The van der Waals surface area contributed by atoms with E-state index in [0.717, 1.165) is 24.3 Å². The van der Waals surface area contributed by atoms with Crippen molar-refractivity contribution in [2.75, 3.05) is 6.61 Å². The van der Waals surface area contributed by atoms with E-state index in [0.29, 0.717) is 6.42 Å². The van der Waals surface area contributed by atoms with Crippen LogP contribution in [0, 0.1) is 0 Å². The summed E-state index contributed by atoms with van der Waals surface area (Å²) in [5, 5.41) is 8.47. The number of unbranched alkanes of at least 4 members (excludes halogenated alkanes) is 2. The lowest BCUT2D eigenvalue weighted by Gasteiger charge is -2.10. The van der Waals surface area contributed by atoms with Crippen LogP contribution in [-0.2, 0) is 11.2 Å². The van der Waals surface area contributed by atoms with Gasteiger partial charge in [0.25, 0.3) is 5.91 Å². The van der Waals surface area contributed by atoms with E-state index in [1.807, 2.05) is 24.3 Å². The van der Waals surface area contributed by atoms with E-state index in [1.165, 1.54) is 12.8 Å². The van der Waals surface area contributed by atoms with Gasteiger partial charge < -0.3 is 10.5 Å². The van der Waals surface area contributed by atoms with Crippen molar-refractivity contribution in [1.82, 2.24) is 5.48 Å². The number of benzene rings is 1. The molecule has 0 heterocycles. The fourth-order valence-corrected chi connectivity index (χ4v) is 1.69. The SMILES string of the molecule is CCCCCOc1ccc(CC(N)C(=O)NO)cc1. The maximum absolute atomic E-state index is 11.1. The standard InChI is InChI=1S/C14H22N2O3/c1-2-3-4-9-19-12-7-5-11(6-8-12)10-13(15)14(17)16-18/h5-8,13,18H,2-4,9-10,15H2,1H3,(H,16,17). The summed E-state index contributed by atoms with van der Waals surface area (Å²) in [5.74, 6) is 0.236. The first-order valence-corrected chi connectivity index (χ1v) is 6.58. The van der Waals surface area contributed by atoms with E-state index in [2.05, 4.69) is 6.92 Å². The number of nitrogens with two attached hydrogens (primary N) is 1. The highest BCUT2D eigenvalue weighted by atomic mass is 16.5. The van der Waals surface area contributed by atoms with Crippen molar-refractivity contribution in [2.24, 2.45) is 5.73 Å². The molecule has 4 N–H and O–H groups in total. The second-order valence-corrected chi connectivity index (χ2v) is 4.49. The number of hydroxylamine groups is 1. The van der Waals surface area contributed by atoms with Gasteiger partial charge >= 0.3 is 0 Å². The maximum atomic E-state index is 11.1. The van der Waals surface area contributed by atoms with Gasteiger partial charge in [0, 0.05) is 0 Å². The van der Waals surface area contributed by atoms with Crippen LogP contribution in [0.15, 0.2) is 24.3 Å². The zero-order valence-corrected chi connectivity index (χ0v) is 11.3. The molecule has 0 bridgehead atoms. The second kappa shape index (κ2) is 8.50. The van der Waals surface area contributed by atoms with Crippen LogP contribution in [0.2, 0.25) is 0 Å². The van der Waals surface area contributed by atoms with E-state index >= 15 is 0 Å². The number of hydrogen-bond donors (Lipinski definition) is 3. The molecule has 19 heavy (non-hydrogen) atoms. The quantitative estimate of drug-likeness (QED) is 0.379. The molecule has 106 valence electrons. The first kappa shape index (κ1) is 15.5. The number of ether oxygens (including phenoxy) is 1. The van der Waals surface area contributed by atoms with Crippen LogP contribution in [-0.4, -0.2) is 23.8 Å². The Balaban J connectivity index is 2.41. The van der Waals surface area contributed by atoms with Gasteiger partial charge in [-0.15, -0.1) is 0 Å². The molecule has 1 rings (SSSR count). The Morgan fingerprint density at radius 1 is 1.37 bits per heavy atom. The molecule has 1 amide bonds. The van der Waals surface area contributed by atoms with Crippen molar-refractivity contribution in [1.29, 1.82) is 0 Å². The van der Waals surface area contributed by atoms with Gasteiger partial charge in [0.15, 0.2) is 0 Å². The van der Waals surface area contributed by atoms with Crippen LogP contribution >= 0.6 is 0 Å². The second-order valence-electron chi connectivity index (χ2n) is 4.49. The van der Waals surface area contributed by atoms with E-state index in [-0.39, 0.29) is 0 Å². The molecular formula is C14H22N2O3. The highest BCUT2D eigenvalue weighted by molar-refractivity contribution is 5.80. The van der Waals surface area contributed by atoms with Gasteiger partial charge in [0.2, 0.25) is 0 Å². The van der Waals surface area contributed by atoms with Gasteiger partial charge in [0.05, 0.1) is 12.6 Å². The molecule has 0 aliphatic heterocycles. The normalized spacial score (nSPS) is 11.9. The third-order valence-electron chi connectivity index (χ3n) is 2.84. The lowest BCUT2D eigenvalue weighted by molar-refractivity contribution is -0.130. The van der Waals surface area contributed by atoms with E-state index in [1.54, 1.807) is 5.48 Å². The molecule has 1 unspecified atom stereocenters. The van der Waals surface area contributed by atoms with E-state index in [4.69, 9.17) is 15.7 Å². The van der Waals surface area contributed by atoms with Crippen molar-refractivity contribution in [3.05, 3.63) is 29.8 Å². The summed E-state index contributed by atoms with van der Waals surface area (Å²) in [6, 6.07) is 6.73. The van der Waals surface area contributed by atoms with Gasteiger partial charge in [-0.1, -0.05) is 31.9 Å². The van der Waals surface area contributed by atoms with Crippen molar-refractivity contribution >= 4 is 5.91 Å². The van der Waals surface area contributed by atoms with Crippen molar-refractivity contribution in [3.8, 4) is 5.75 Å². The topological polar surface area (TPSA) is 84.6 Å². The molecule has 1 aromatic rings. The summed E-state index contributed by atoms with van der Waals surface area (Å²) in [6.45, 7) is 2.88. The van der Waals surface area contributed by atoms with Crippen LogP contribution in [0.3, 0.4) is 0 Å². The number of carbonyl (C=O) groups excluding carboxylic acids is 1. The molecule has 1 aromatic carbocycles. The van der Waals surface area contributed by atoms with E-state index in [9.17, 15) is 4.79 Å². The molecule has 1 atom stereocenters. The average molecular weight is 266 g/mol. The summed E-state index contributed by atoms with van der Waals surface area (Å²) >= 11 is 0. The van der Waals surface area contributed by atoms with Gasteiger partial charge in [-0.05, 0) is 30.5 Å². The minimum absolute atomic E-state index is 0.377. The monoisotopic (exact) mass is 266 g/mol. The van der Waals surface area contributed by atoms with Crippen LogP contribution in [0.5, 0.6) is 5.75 Å². The van der Waals surface area contributed by atoms with Crippen LogP contribution in [0.4, 0.5) is 0 Å². The number of rotatable bonds is 8. The van der Waals surface area contributed by atoms with Crippen molar-refractivity contribution < 1.29 is 14.7 Å². The molecule has 0 saturated heterocycles. The third-order valence-corrected chi connectivity index (χ3v) is 2.84. The smallest absolute Gasteiger partial charge is 0.260 e. The molecule has 5 heteroatoms. The van der Waals surface area contributed by atoms with Gasteiger partial charge in [-0.2, -0.15) is 0 Å². The Kier molecular flexibility index (Phi) is 6.92. The van der Waals surface area contributed by atoms with Gasteiger partial charge in [-0.25, -0.2) is 5.48 Å². The highest BCUT2D eigenvalue weighted by Gasteiger charge is 2.12. The van der Waals surface area contributed by atoms with Crippen molar-refractivity contribution in [2.45, 2.75) is 38.6 Å². The fraction of sp³-hybridized carbons (Fsp3) is 0.500. The third kappa shape index (κ3) is 5.72. The zero-order valence-electron chi connectivity index (χ0n) is 11.3. The molecule has 0 aliphatic carbocycles. The molecule has 0 aromatic heterocycles. The fourth-order valence-electron chi connectivity index (χ4n) is 1.69. The number of amides is 1. The number of carbonyl (C=O) groups is 1. The first-order valence-electron chi connectivity index (χ1n) is 6.58.